The summed E-state index contributed by atoms with van der Waals surface area (Å²) in [5.74, 6) is 0.551. The highest BCUT2D eigenvalue weighted by Crippen LogP contribution is 2.76. The molecule has 9 atom stereocenters. The molecule has 0 radical (unpaired) electrons. The highest BCUT2D eigenvalue weighted by Gasteiger charge is 2.70. The van der Waals surface area contributed by atoms with Crippen LogP contribution in [0.1, 0.15) is 99.3 Å². The minimum absolute atomic E-state index is 0.00635. The van der Waals surface area contributed by atoms with Gasteiger partial charge in [-0.15, -0.1) is 0 Å². The molecule has 0 aliphatic heterocycles. The Labute approximate surface area is 218 Å². The van der Waals surface area contributed by atoms with Crippen LogP contribution in [0.3, 0.4) is 0 Å². The molecule has 4 aliphatic rings. The first-order valence-electron chi connectivity index (χ1n) is 14.2. The minimum Gasteiger partial charge on any atom is -0.481 e. The monoisotopic (exact) mass is 502 g/mol. The Bertz CT molecular complexity index is 924. The summed E-state index contributed by atoms with van der Waals surface area (Å²) in [5.41, 5.74) is -0.0357. The summed E-state index contributed by atoms with van der Waals surface area (Å²) in [6.07, 6.45) is 8.49. The molecule has 4 fully saturated rings. The number of carbonyl (C=O) groups excluding carboxylic acids is 1. The SMILES string of the molecule is C=C(C)[C@@H]1CC[C@]2(CO)CC[C@]3(C)C(CC[C@@H]4[C@@](C)(CC(=O)OC)C(C(C)(C)C(=O)O)CC[C@]43C)C12. The number of carboxylic acids is 1. The van der Waals surface area contributed by atoms with E-state index in [1.807, 2.05) is 13.8 Å². The Morgan fingerprint density at radius 1 is 1.00 bits per heavy atom. The summed E-state index contributed by atoms with van der Waals surface area (Å²) in [7, 11) is 1.44. The number of aliphatic hydroxyl groups excluding tert-OH is 1. The van der Waals surface area contributed by atoms with Crippen LogP contribution in [0.5, 0.6) is 0 Å². The van der Waals surface area contributed by atoms with Gasteiger partial charge in [-0.3, -0.25) is 9.59 Å². The zero-order valence-electron chi connectivity index (χ0n) is 23.8. The average molecular weight is 503 g/mol. The van der Waals surface area contributed by atoms with Crippen molar-refractivity contribution in [3.63, 3.8) is 0 Å². The first kappa shape index (κ1) is 27.7. The van der Waals surface area contributed by atoms with Crippen LogP contribution < -0.4 is 0 Å². The fourth-order valence-electron chi connectivity index (χ4n) is 10.9. The van der Waals surface area contributed by atoms with Crippen LogP contribution in [0.15, 0.2) is 12.2 Å². The van der Waals surface area contributed by atoms with Crippen LogP contribution in [0.25, 0.3) is 0 Å². The van der Waals surface area contributed by atoms with E-state index in [0.717, 1.165) is 51.4 Å². The van der Waals surface area contributed by atoms with Gasteiger partial charge in [0.2, 0.25) is 0 Å². The molecule has 4 saturated carbocycles. The highest BCUT2D eigenvalue weighted by molar-refractivity contribution is 5.75. The number of ether oxygens (including phenoxy) is 1. The van der Waals surface area contributed by atoms with Gasteiger partial charge in [0.05, 0.1) is 18.9 Å². The molecule has 0 aromatic carbocycles. The maximum absolute atomic E-state index is 12.8. The molecular weight excluding hydrogens is 452 g/mol. The number of carbonyl (C=O) groups is 2. The lowest BCUT2D eigenvalue weighted by atomic mass is 9.33. The molecule has 2 N–H and O–H groups in total. The van der Waals surface area contributed by atoms with Gasteiger partial charge < -0.3 is 14.9 Å². The Kier molecular flexibility index (Phi) is 6.80. The second-order valence-corrected chi connectivity index (χ2v) is 14.5. The number of fused-ring (bicyclic) bond motifs is 5. The van der Waals surface area contributed by atoms with Crippen molar-refractivity contribution in [3.8, 4) is 0 Å². The lowest BCUT2D eigenvalue weighted by molar-refractivity contribution is -0.234. The molecule has 4 rings (SSSR count). The molecule has 5 nitrogen and oxygen atoms in total. The van der Waals surface area contributed by atoms with E-state index in [1.165, 1.54) is 12.7 Å². The third-order valence-corrected chi connectivity index (χ3v) is 13.0. The van der Waals surface area contributed by atoms with E-state index in [-0.39, 0.29) is 47.1 Å². The molecule has 0 amide bonds. The van der Waals surface area contributed by atoms with Crippen molar-refractivity contribution >= 4 is 11.9 Å². The van der Waals surface area contributed by atoms with Crippen molar-refractivity contribution in [1.29, 1.82) is 0 Å². The zero-order chi connectivity index (χ0) is 26.9. The lowest BCUT2D eigenvalue weighted by Gasteiger charge is -2.71. The lowest BCUT2D eigenvalue weighted by Crippen LogP contribution is -2.65. The quantitative estimate of drug-likeness (QED) is 0.320. The molecule has 204 valence electrons. The van der Waals surface area contributed by atoms with Gasteiger partial charge in [0, 0.05) is 6.61 Å². The van der Waals surface area contributed by atoms with Gasteiger partial charge in [0.15, 0.2) is 0 Å². The third kappa shape index (κ3) is 3.57. The summed E-state index contributed by atoms with van der Waals surface area (Å²) in [5, 5.41) is 20.9. The van der Waals surface area contributed by atoms with Gasteiger partial charge in [-0.05, 0) is 123 Å². The maximum atomic E-state index is 12.8. The molecule has 0 heterocycles. The predicted octanol–water partition coefficient (Wildman–Crippen LogP) is 6.49. The van der Waals surface area contributed by atoms with Crippen molar-refractivity contribution in [3.05, 3.63) is 12.2 Å². The van der Waals surface area contributed by atoms with Gasteiger partial charge in [-0.25, -0.2) is 0 Å². The van der Waals surface area contributed by atoms with Crippen molar-refractivity contribution < 1.29 is 24.5 Å². The number of allylic oxidation sites excluding steroid dienone is 1. The first-order valence-corrected chi connectivity index (χ1v) is 14.2. The van der Waals surface area contributed by atoms with Crippen LogP contribution in [-0.4, -0.2) is 35.9 Å². The minimum atomic E-state index is -0.920. The number of carboxylic acid groups (broad SMARTS) is 1. The number of aliphatic carboxylic acids is 1. The third-order valence-electron chi connectivity index (χ3n) is 13.0. The standard InChI is InChI=1S/C31H50O5/c1-19(2)20-11-14-31(18-32)16-15-29(6)21(25(20)31)9-10-23-28(5,17-24(33)36-8)22(12-13-30(23,29)7)27(3,4)26(34)35/h20-23,25,32H,1,9-18H2,2-8H3,(H,34,35)/t20-,21?,22?,23+,25?,28-,29+,30+,31+/m0/s1. The predicted molar refractivity (Wildman–Crippen MR) is 141 cm³/mol. The van der Waals surface area contributed by atoms with E-state index >= 15 is 0 Å². The fourth-order valence-corrected chi connectivity index (χ4v) is 10.9. The van der Waals surface area contributed by atoms with E-state index < -0.39 is 16.8 Å². The number of esters is 1. The van der Waals surface area contributed by atoms with E-state index in [9.17, 15) is 19.8 Å². The molecule has 0 bridgehead atoms. The number of methoxy groups -OCH3 is 1. The fraction of sp³-hybridized carbons (Fsp3) is 0.871. The number of hydrogen-bond donors (Lipinski definition) is 2. The Morgan fingerprint density at radius 3 is 2.22 bits per heavy atom. The van der Waals surface area contributed by atoms with Crippen LogP contribution in [0.4, 0.5) is 0 Å². The normalized spacial score (nSPS) is 46.3. The van der Waals surface area contributed by atoms with Crippen LogP contribution in [0, 0.1) is 56.7 Å². The summed E-state index contributed by atoms with van der Waals surface area (Å²) in [6.45, 7) is 17.7. The Morgan fingerprint density at radius 2 is 1.67 bits per heavy atom. The summed E-state index contributed by atoms with van der Waals surface area (Å²) in [4.78, 5) is 25.2. The second-order valence-electron chi connectivity index (χ2n) is 14.5. The van der Waals surface area contributed by atoms with Gasteiger partial charge in [0.25, 0.3) is 0 Å². The van der Waals surface area contributed by atoms with Crippen LogP contribution >= 0.6 is 0 Å². The molecule has 0 aromatic heterocycles. The van der Waals surface area contributed by atoms with E-state index in [1.54, 1.807) is 0 Å². The van der Waals surface area contributed by atoms with Crippen LogP contribution in [0.2, 0.25) is 0 Å². The van der Waals surface area contributed by atoms with Gasteiger partial charge in [0.1, 0.15) is 0 Å². The van der Waals surface area contributed by atoms with Crippen molar-refractivity contribution in [2.75, 3.05) is 13.7 Å². The molecular formula is C31H50O5. The van der Waals surface area contributed by atoms with Crippen LogP contribution in [-0.2, 0) is 14.3 Å². The Hall–Kier alpha value is -1.36. The number of rotatable bonds is 6. The average Bonchev–Trinajstić information content (AvgIpc) is 3.19. The smallest absolute Gasteiger partial charge is 0.309 e. The van der Waals surface area contributed by atoms with E-state index in [2.05, 4.69) is 34.3 Å². The second kappa shape index (κ2) is 8.85. The molecule has 0 saturated heterocycles. The largest absolute Gasteiger partial charge is 0.481 e. The number of hydrogen-bond acceptors (Lipinski definition) is 4. The van der Waals surface area contributed by atoms with Gasteiger partial charge in [-0.1, -0.05) is 32.9 Å². The number of aliphatic hydroxyl groups is 1. The zero-order valence-corrected chi connectivity index (χ0v) is 23.8. The summed E-state index contributed by atoms with van der Waals surface area (Å²) < 4.78 is 5.19. The molecule has 5 heteroatoms. The first-order chi connectivity index (χ1) is 16.6. The molecule has 3 unspecified atom stereocenters. The van der Waals surface area contributed by atoms with E-state index in [0.29, 0.717) is 17.8 Å². The maximum Gasteiger partial charge on any atom is 0.309 e. The highest BCUT2D eigenvalue weighted by atomic mass is 16.5. The molecule has 4 aliphatic carbocycles. The molecule has 0 spiro atoms. The van der Waals surface area contributed by atoms with Crippen molar-refractivity contribution in [2.24, 2.45) is 56.7 Å². The van der Waals surface area contributed by atoms with E-state index in [4.69, 9.17) is 4.74 Å². The topological polar surface area (TPSA) is 83.8 Å². The van der Waals surface area contributed by atoms with Crippen molar-refractivity contribution in [2.45, 2.75) is 99.3 Å². The summed E-state index contributed by atoms with van der Waals surface area (Å²) in [6, 6.07) is 0. The molecule has 0 aromatic rings. The Balaban J connectivity index is 1.80. The van der Waals surface area contributed by atoms with Gasteiger partial charge in [-0.2, -0.15) is 0 Å². The molecule has 36 heavy (non-hydrogen) atoms. The van der Waals surface area contributed by atoms with Gasteiger partial charge >= 0.3 is 11.9 Å². The van der Waals surface area contributed by atoms with Crippen molar-refractivity contribution in [1.82, 2.24) is 0 Å². The summed E-state index contributed by atoms with van der Waals surface area (Å²) >= 11 is 0.